The van der Waals surface area contributed by atoms with Crippen LogP contribution in [0.4, 0.5) is 0 Å². The van der Waals surface area contributed by atoms with Gasteiger partial charge in [0.05, 0.1) is 0 Å². The van der Waals surface area contributed by atoms with Gasteiger partial charge in [-0.15, -0.1) is 5.10 Å². The SMILES string of the molecule is O=C(Cn1cnnn1)NCC[C@@H]1CCCN1. The van der Waals surface area contributed by atoms with Gasteiger partial charge in [-0.25, -0.2) is 4.68 Å². The van der Waals surface area contributed by atoms with E-state index in [9.17, 15) is 4.79 Å². The molecule has 0 aromatic carbocycles. The van der Waals surface area contributed by atoms with E-state index < -0.39 is 0 Å². The summed E-state index contributed by atoms with van der Waals surface area (Å²) in [7, 11) is 0. The summed E-state index contributed by atoms with van der Waals surface area (Å²) in [6.45, 7) is 1.99. The van der Waals surface area contributed by atoms with Crippen LogP contribution in [0.5, 0.6) is 0 Å². The molecule has 1 fully saturated rings. The summed E-state index contributed by atoms with van der Waals surface area (Å²) in [5.74, 6) is -0.0507. The third kappa shape index (κ3) is 3.27. The van der Waals surface area contributed by atoms with Gasteiger partial charge in [0, 0.05) is 12.6 Å². The zero-order valence-electron chi connectivity index (χ0n) is 9.09. The van der Waals surface area contributed by atoms with Crippen LogP contribution < -0.4 is 10.6 Å². The first-order valence-electron chi connectivity index (χ1n) is 5.55. The van der Waals surface area contributed by atoms with E-state index in [4.69, 9.17) is 0 Å². The molecule has 1 aliphatic rings. The van der Waals surface area contributed by atoms with Crippen LogP contribution in [0.1, 0.15) is 19.3 Å². The molecule has 1 aromatic rings. The summed E-state index contributed by atoms with van der Waals surface area (Å²) in [4.78, 5) is 11.4. The van der Waals surface area contributed by atoms with E-state index in [2.05, 4.69) is 26.2 Å². The number of amides is 1. The minimum absolute atomic E-state index is 0.0507. The molecule has 0 saturated carbocycles. The molecule has 0 unspecified atom stereocenters. The number of hydrogen-bond acceptors (Lipinski definition) is 5. The fourth-order valence-electron chi connectivity index (χ4n) is 1.84. The van der Waals surface area contributed by atoms with Crippen LogP contribution in [0.2, 0.25) is 0 Å². The van der Waals surface area contributed by atoms with Gasteiger partial charge < -0.3 is 10.6 Å². The number of nitrogens with zero attached hydrogens (tertiary/aromatic N) is 4. The second kappa shape index (κ2) is 5.55. The maximum atomic E-state index is 11.4. The molecular formula is C9H16N6O. The summed E-state index contributed by atoms with van der Waals surface area (Å²) in [6, 6.07) is 0.563. The Balaban J connectivity index is 1.60. The quantitative estimate of drug-likeness (QED) is 0.665. The average Bonchev–Trinajstić information content (AvgIpc) is 2.90. The monoisotopic (exact) mass is 224 g/mol. The van der Waals surface area contributed by atoms with Crippen molar-refractivity contribution in [2.24, 2.45) is 0 Å². The van der Waals surface area contributed by atoms with Crippen molar-refractivity contribution >= 4 is 5.91 Å². The van der Waals surface area contributed by atoms with Gasteiger partial charge in [-0.2, -0.15) is 0 Å². The normalized spacial score (nSPS) is 19.9. The van der Waals surface area contributed by atoms with E-state index in [1.165, 1.54) is 23.9 Å². The topological polar surface area (TPSA) is 84.7 Å². The van der Waals surface area contributed by atoms with Gasteiger partial charge >= 0.3 is 0 Å². The first-order chi connectivity index (χ1) is 7.84. The lowest BCUT2D eigenvalue weighted by molar-refractivity contribution is -0.121. The molecule has 0 bridgehead atoms. The molecule has 2 N–H and O–H groups in total. The van der Waals surface area contributed by atoms with Crippen LogP contribution in [0, 0.1) is 0 Å². The van der Waals surface area contributed by atoms with Crippen LogP contribution in [0.15, 0.2) is 6.33 Å². The Morgan fingerprint density at radius 2 is 2.56 bits per heavy atom. The Kier molecular flexibility index (Phi) is 3.81. The number of carbonyl (C=O) groups is 1. The number of nitrogens with one attached hydrogen (secondary N) is 2. The molecule has 1 saturated heterocycles. The minimum atomic E-state index is -0.0507. The molecule has 0 spiro atoms. The molecule has 0 aliphatic carbocycles. The van der Waals surface area contributed by atoms with Gasteiger partial charge in [0.1, 0.15) is 12.9 Å². The van der Waals surface area contributed by atoms with Crippen molar-refractivity contribution in [1.82, 2.24) is 30.8 Å². The van der Waals surface area contributed by atoms with Gasteiger partial charge in [-0.1, -0.05) is 0 Å². The zero-order chi connectivity index (χ0) is 11.2. The highest BCUT2D eigenvalue weighted by Crippen LogP contribution is 2.07. The van der Waals surface area contributed by atoms with Gasteiger partial charge in [0.25, 0.3) is 0 Å². The molecule has 7 nitrogen and oxygen atoms in total. The molecular weight excluding hydrogens is 208 g/mol. The first kappa shape index (κ1) is 11.0. The standard InChI is InChI=1S/C9H16N6O/c16-9(6-15-7-12-13-14-15)11-5-3-8-2-1-4-10-8/h7-8,10H,1-6H2,(H,11,16)/t8-/m0/s1. The van der Waals surface area contributed by atoms with Gasteiger partial charge in [0.15, 0.2) is 0 Å². The fourth-order valence-corrected chi connectivity index (χ4v) is 1.84. The lowest BCUT2D eigenvalue weighted by Crippen LogP contribution is -2.32. The maximum Gasteiger partial charge on any atom is 0.241 e. The number of carbonyl (C=O) groups excluding carboxylic acids is 1. The summed E-state index contributed by atoms with van der Waals surface area (Å²) in [5.41, 5.74) is 0. The highest BCUT2D eigenvalue weighted by molar-refractivity contribution is 5.75. The van der Waals surface area contributed by atoms with Crippen LogP contribution in [0.3, 0.4) is 0 Å². The predicted molar refractivity (Wildman–Crippen MR) is 56.5 cm³/mol. The average molecular weight is 224 g/mol. The Morgan fingerprint density at radius 1 is 1.62 bits per heavy atom. The van der Waals surface area contributed by atoms with Crippen LogP contribution in [-0.4, -0.2) is 45.2 Å². The van der Waals surface area contributed by atoms with Crippen molar-refractivity contribution in [2.75, 3.05) is 13.1 Å². The molecule has 1 atom stereocenters. The van der Waals surface area contributed by atoms with E-state index >= 15 is 0 Å². The minimum Gasteiger partial charge on any atom is -0.354 e. The van der Waals surface area contributed by atoms with Crippen LogP contribution >= 0.6 is 0 Å². The second-order valence-electron chi connectivity index (χ2n) is 3.94. The highest BCUT2D eigenvalue weighted by Gasteiger charge is 2.13. The number of aromatic nitrogens is 4. The Labute approximate surface area is 93.6 Å². The largest absolute Gasteiger partial charge is 0.354 e. The maximum absolute atomic E-state index is 11.4. The highest BCUT2D eigenvalue weighted by atomic mass is 16.2. The lowest BCUT2D eigenvalue weighted by Gasteiger charge is -2.10. The summed E-state index contributed by atoms with van der Waals surface area (Å²) < 4.78 is 1.41. The van der Waals surface area contributed by atoms with E-state index in [1.807, 2.05) is 0 Å². The molecule has 1 aliphatic heterocycles. The van der Waals surface area contributed by atoms with Crippen molar-refractivity contribution in [3.63, 3.8) is 0 Å². The van der Waals surface area contributed by atoms with Gasteiger partial charge in [0.2, 0.25) is 5.91 Å². The number of rotatable bonds is 5. The third-order valence-electron chi connectivity index (χ3n) is 2.67. The van der Waals surface area contributed by atoms with Crippen molar-refractivity contribution in [3.8, 4) is 0 Å². The zero-order valence-corrected chi connectivity index (χ0v) is 9.09. The van der Waals surface area contributed by atoms with Crippen molar-refractivity contribution in [2.45, 2.75) is 31.8 Å². The molecule has 1 amide bonds. The molecule has 88 valence electrons. The van der Waals surface area contributed by atoms with Crippen molar-refractivity contribution < 1.29 is 4.79 Å². The second-order valence-corrected chi connectivity index (χ2v) is 3.94. The summed E-state index contributed by atoms with van der Waals surface area (Å²) >= 11 is 0. The summed E-state index contributed by atoms with van der Waals surface area (Å²) in [6.07, 6.45) is 4.87. The number of hydrogen-bond donors (Lipinski definition) is 2. The molecule has 0 radical (unpaired) electrons. The van der Waals surface area contributed by atoms with E-state index in [-0.39, 0.29) is 12.5 Å². The van der Waals surface area contributed by atoms with E-state index in [0.29, 0.717) is 12.6 Å². The van der Waals surface area contributed by atoms with Gasteiger partial charge in [-0.05, 0) is 36.2 Å². The van der Waals surface area contributed by atoms with Crippen molar-refractivity contribution in [3.05, 3.63) is 6.33 Å². The fraction of sp³-hybridized carbons (Fsp3) is 0.778. The Hall–Kier alpha value is -1.50. The van der Waals surface area contributed by atoms with E-state index in [1.54, 1.807) is 0 Å². The smallest absolute Gasteiger partial charge is 0.241 e. The Bertz CT molecular complexity index is 319. The van der Waals surface area contributed by atoms with Gasteiger partial charge in [-0.3, -0.25) is 4.79 Å². The summed E-state index contributed by atoms with van der Waals surface area (Å²) in [5, 5.41) is 16.8. The Morgan fingerprint density at radius 3 is 3.25 bits per heavy atom. The number of tetrazole rings is 1. The lowest BCUT2D eigenvalue weighted by atomic mass is 10.1. The van der Waals surface area contributed by atoms with Crippen LogP contribution in [-0.2, 0) is 11.3 Å². The molecule has 2 heterocycles. The van der Waals surface area contributed by atoms with Crippen LogP contribution in [0.25, 0.3) is 0 Å². The predicted octanol–water partition coefficient (Wildman–Crippen LogP) is -1.07. The van der Waals surface area contributed by atoms with E-state index in [0.717, 1.165) is 13.0 Å². The molecule has 1 aromatic heterocycles. The molecule has 7 heteroatoms. The third-order valence-corrected chi connectivity index (χ3v) is 2.67. The molecule has 2 rings (SSSR count). The van der Waals surface area contributed by atoms with Crippen molar-refractivity contribution in [1.29, 1.82) is 0 Å². The first-order valence-corrected chi connectivity index (χ1v) is 5.55. The molecule has 16 heavy (non-hydrogen) atoms.